The number of likely N-dealkylation sites (N-methyl/N-ethyl adjacent to an activating group) is 1. The lowest BCUT2D eigenvalue weighted by molar-refractivity contribution is -0.117. The van der Waals surface area contributed by atoms with Crippen molar-refractivity contribution < 1.29 is 14.3 Å². The van der Waals surface area contributed by atoms with Crippen molar-refractivity contribution in [2.24, 2.45) is 0 Å². The third kappa shape index (κ3) is 5.24. The molecular formula is C20H22Br2N2O3. The number of hydrogen-bond donors (Lipinski definition) is 1. The molecule has 0 fully saturated rings. The van der Waals surface area contributed by atoms with E-state index in [1.165, 1.54) is 0 Å². The molecule has 1 N–H and O–H groups in total. The second kappa shape index (κ2) is 9.08. The molecule has 0 unspecified atom stereocenters. The van der Waals surface area contributed by atoms with E-state index in [9.17, 15) is 4.79 Å². The minimum Gasteiger partial charge on any atom is -0.486 e. The minimum atomic E-state index is -0.106. The number of rotatable bonds is 6. The molecule has 27 heavy (non-hydrogen) atoms. The Bertz CT molecular complexity index is 806. The van der Waals surface area contributed by atoms with Crippen LogP contribution in [-0.2, 0) is 4.79 Å². The second-order valence-corrected chi connectivity index (χ2v) is 8.19. The molecule has 0 saturated heterocycles. The maximum absolute atomic E-state index is 12.5. The van der Waals surface area contributed by atoms with Crippen LogP contribution in [0.25, 0.3) is 0 Å². The molecule has 0 spiro atoms. The standard InChI is InChI=1S/C20H22Br2N2O3/c1-3-24(10-14-12-26-17-6-4-5-7-18(17)27-14)11-19(25)23-20-15(21)8-13(2)9-16(20)22/h4-9,14H,3,10-12H2,1-2H3,(H,23,25)/t14-/m0/s1. The zero-order chi connectivity index (χ0) is 19.4. The molecule has 1 aliphatic rings. The lowest BCUT2D eigenvalue weighted by Gasteiger charge is -2.30. The third-order valence-electron chi connectivity index (χ3n) is 4.29. The number of para-hydroxylation sites is 2. The van der Waals surface area contributed by atoms with Gasteiger partial charge < -0.3 is 14.8 Å². The second-order valence-electron chi connectivity index (χ2n) is 6.48. The Hall–Kier alpha value is -1.57. The molecule has 0 saturated carbocycles. The number of carbonyl (C=O) groups excluding carboxylic acids is 1. The summed E-state index contributed by atoms with van der Waals surface area (Å²) in [5.41, 5.74) is 1.85. The fraction of sp³-hybridized carbons (Fsp3) is 0.350. The van der Waals surface area contributed by atoms with Crippen LogP contribution in [0.1, 0.15) is 12.5 Å². The topological polar surface area (TPSA) is 50.8 Å². The number of benzene rings is 2. The summed E-state index contributed by atoms with van der Waals surface area (Å²) in [5.74, 6) is 1.45. The fourth-order valence-electron chi connectivity index (χ4n) is 2.95. The lowest BCUT2D eigenvalue weighted by atomic mass is 10.2. The van der Waals surface area contributed by atoms with E-state index in [2.05, 4.69) is 37.2 Å². The van der Waals surface area contributed by atoms with Gasteiger partial charge in [-0.05, 0) is 75.2 Å². The monoisotopic (exact) mass is 496 g/mol. The molecule has 1 atom stereocenters. The zero-order valence-electron chi connectivity index (χ0n) is 15.3. The van der Waals surface area contributed by atoms with Crippen LogP contribution in [0.2, 0.25) is 0 Å². The Balaban J connectivity index is 1.58. The fourth-order valence-corrected chi connectivity index (χ4v) is 4.56. The predicted molar refractivity (Wildman–Crippen MR) is 114 cm³/mol. The summed E-state index contributed by atoms with van der Waals surface area (Å²) >= 11 is 7.02. The largest absolute Gasteiger partial charge is 0.486 e. The molecule has 3 rings (SSSR count). The number of ether oxygens (including phenoxy) is 2. The summed E-state index contributed by atoms with van der Waals surface area (Å²) in [4.78, 5) is 14.6. The number of amides is 1. The summed E-state index contributed by atoms with van der Waals surface area (Å²) in [6.45, 7) is 6.15. The average molecular weight is 498 g/mol. The van der Waals surface area contributed by atoms with Crippen molar-refractivity contribution >= 4 is 43.5 Å². The van der Waals surface area contributed by atoms with Crippen LogP contribution in [0.4, 0.5) is 5.69 Å². The van der Waals surface area contributed by atoms with Crippen molar-refractivity contribution in [1.29, 1.82) is 0 Å². The summed E-state index contributed by atoms with van der Waals surface area (Å²) in [5, 5.41) is 2.98. The summed E-state index contributed by atoms with van der Waals surface area (Å²) in [6, 6.07) is 11.6. The van der Waals surface area contributed by atoms with Gasteiger partial charge in [-0.15, -0.1) is 0 Å². The van der Waals surface area contributed by atoms with Gasteiger partial charge >= 0.3 is 0 Å². The lowest BCUT2D eigenvalue weighted by Crippen LogP contribution is -2.43. The third-order valence-corrected chi connectivity index (χ3v) is 5.55. The number of hydrogen-bond acceptors (Lipinski definition) is 4. The first-order valence-corrected chi connectivity index (χ1v) is 10.4. The van der Waals surface area contributed by atoms with Gasteiger partial charge in [0.15, 0.2) is 11.5 Å². The van der Waals surface area contributed by atoms with Crippen LogP contribution in [0.3, 0.4) is 0 Å². The van der Waals surface area contributed by atoms with Gasteiger partial charge in [0.1, 0.15) is 12.7 Å². The molecule has 1 aliphatic heterocycles. The van der Waals surface area contributed by atoms with Crippen LogP contribution in [-0.4, -0.2) is 43.2 Å². The van der Waals surface area contributed by atoms with Crippen LogP contribution < -0.4 is 14.8 Å². The first-order chi connectivity index (χ1) is 13.0. The van der Waals surface area contributed by atoms with E-state index in [0.29, 0.717) is 13.2 Å². The highest BCUT2D eigenvalue weighted by molar-refractivity contribution is 9.11. The van der Waals surface area contributed by atoms with Crippen molar-refractivity contribution in [2.45, 2.75) is 20.0 Å². The molecule has 0 bridgehead atoms. The molecule has 5 nitrogen and oxygen atoms in total. The molecule has 0 aliphatic carbocycles. The summed E-state index contributed by atoms with van der Waals surface area (Å²) < 4.78 is 13.5. The van der Waals surface area contributed by atoms with E-state index in [1.807, 2.05) is 55.1 Å². The van der Waals surface area contributed by atoms with E-state index in [4.69, 9.17) is 9.47 Å². The summed E-state index contributed by atoms with van der Waals surface area (Å²) in [7, 11) is 0. The predicted octanol–water partition coefficient (Wildman–Crippen LogP) is 4.62. The molecular weight excluding hydrogens is 476 g/mol. The van der Waals surface area contributed by atoms with Gasteiger partial charge in [-0.25, -0.2) is 0 Å². The maximum atomic E-state index is 12.5. The average Bonchev–Trinajstić information content (AvgIpc) is 2.64. The van der Waals surface area contributed by atoms with Crippen molar-refractivity contribution in [3.63, 3.8) is 0 Å². The Morgan fingerprint density at radius 1 is 1.22 bits per heavy atom. The minimum absolute atomic E-state index is 0.0702. The number of nitrogens with zero attached hydrogens (tertiary/aromatic N) is 1. The van der Waals surface area contributed by atoms with Gasteiger partial charge in [0.25, 0.3) is 0 Å². The van der Waals surface area contributed by atoms with E-state index in [1.54, 1.807) is 0 Å². The van der Waals surface area contributed by atoms with E-state index in [0.717, 1.165) is 38.2 Å². The Morgan fingerprint density at radius 3 is 2.56 bits per heavy atom. The van der Waals surface area contributed by atoms with Crippen molar-refractivity contribution in [3.8, 4) is 11.5 Å². The van der Waals surface area contributed by atoms with E-state index >= 15 is 0 Å². The van der Waals surface area contributed by atoms with E-state index < -0.39 is 0 Å². The SMILES string of the molecule is CCN(CC(=O)Nc1c(Br)cc(C)cc1Br)C[C@H]1COc2ccccc2O1. The molecule has 144 valence electrons. The first-order valence-electron chi connectivity index (χ1n) is 8.82. The smallest absolute Gasteiger partial charge is 0.238 e. The first kappa shape index (κ1) is 20.2. The maximum Gasteiger partial charge on any atom is 0.238 e. The Labute approximate surface area is 176 Å². The number of nitrogens with one attached hydrogen (secondary N) is 1. The number of fused-ring (bicyclic) bond motifs is 1. The van der Waals surface area contributed by atoms with Gasteiger partial charge in [0.05, 0.1) is 12.2 Å². The zero-order valence-corrected chi connectivity index (χ0v) is 18.5. The normalized spacial score (nSPS) is 15.7. The van der Waals surface area contributed by atoms with Gasteiger partial charge in [0.2, 0.25) is 5.91 Å². The van der Waals surface area contributed by atoms with Gasteiger partial charge in [-0.1, -0.05) is 19.1 Å². The van der Waals surface area contributed by atoms with E-state index in [-0.39, 0.29) is 18.6 Å². The molecule has 2 aromatic carbocycles. The molecule has 7 heteroatoms. The number of halogens is 2. The van der Waals surface area contributed by atoms with Crippen LogP contribution >= 0.6 is 31.9 Å². The van der Waals surface area contributed by atoms with Crippen LogP contribution in [0, 0.1) is 6.92 Å². The Morgan fingerprint density at radius 2 is 1.89 bits per heavy atom. The van der Waals surface area contributed by atoms with Gasteiger partial charge in [-0.2, -0.15) is 0 Å². The van der Waals surface area contributed by atoms with Gasteiger partial charge in [0, 0.05) is 15.5 Å². The number of carbonyl (C=O) groups is 1. The van der Waals surface area contributed by atoms with Crippen molar-refractivity contribution in [2.75, 3.05) is 31.6 Å². The number of aryl methyl sites for hydroxylation is 1. The van der Waals surface area contributed by atoms with Crippen molar-refractivity contribution in [1.82, 2.24) is 4.90 Å². The highest BCUT2D eigenvalue weighted by Gasteiger charge is 2.23. The highest BCUT2D eigenvalue weighted by atomic mass is 79.9. The Kier molecular flexibility index (Phi) is 6.78. The van der Waals surface area contributed by atoms with Crippen molar-refractivity contribution in [3.05, 3.63) is 50.9 Å². The van der Waals surface area contributed by atoms with Gasteiger partial charge in [-0.3, -0.25) is 9.69 Å². The van der Waals surface area contributed by atoms with Crippen LogP contribution in [0.5, 0.6) is 11.5 Å². The highest BCUT2D eigenvalue weighted by Crippen LogP contribution is 2.33. The molecule has 0 aromatic heterocycles. The molecule has 1 heterocycles. The van der Waals surface area contributed by atoms with Crippen LogP contribution in [0.15, 0.2) is 45.3 Å². The molecule has 2 aromatic rings. The quantitative estimate of drug-likeness (QED) is 0.632. The summed E-state index contributed by atoms with van der Waals surface area (Å²) in [6.07, 6.45) is -0.106. The number of anilines is 1. The molecule has 0 radical (unpaired) electrons. The molecule has 1 amide bonds.